The number of fused-ring (bicyclic) bond motifs is 1. The standard InChI is InChI=1S/C23H23F5N6O2/c24-18(25)13-34-21-17(10-30-34)29-11-19(31-21)32-7-5-22(6-8-32)9-20(35)33(14-22)12-15-1-3-16(4-2-15)36-23(26,27)28/h1-4,10-11,18H,5-9,12-14H2. The second kappa shape index (κ2) is 9.17. The van der Waals surface area contributed by atoms with Gasteiger partial charge in [-0.1, -0.05) is 12.1 Å². The number of rotatable bonds is 6. The van der Waals surface area contributed by atoms with Crippen molar-refractivity contribution in [3.8, 4) is 5.75 Å². The van der Waals surface area contributed by atoms with Crippen LogP contribution in [0.3, 0.4) is 0 Å². The second-order valence-electron chi connectivity index (χ2n) is 9.26. The number of alkyl halides is 5. The second-order valence-corrected chi connectivity index (χ2v) is 9.26. The Morgan fingerprint density at radius 3 is 2.47 bits per heavy atom. The summed E-state index contributed by atoms with van der Waals surface area (Å²) in [6.45, 7) is 1.58. The summed E-state index contributed by atoms with van der Waals surface area (Å²) in [6.07, 6.45) is -2.40. The first-order valence-electron chi connectivity index (χ1n) is 11.4. The lowest BCUT2D eigenvalue weighted by Gasteiger charge is -2.39. The molecule has 13 heteroatoms. The number of carbonyl (C=O) groups is 1. The van der Waals surface area contributed by atoms with Gasteiger partial charge in [0.25, 0.3) is 6.43 Å². The van der Waals surface area contributed by atoms with Crippen LogP contribution >= 0.6 is 0 Å². The summed E-state index contributed by atoms with van der Waals surface area (Å²) in [5.74, 6) is 0.285. The third-order valence-corrected chi connectivity index (χ3v) is 6.73. The number of aromatic nitrogens is 4. The molecule has 1 spiro atoms. The van der Waals surface area contributed by atoms with E-state index in [-0.39, 0.29) is 17.1 Å². The van der Waals surface area contributed by atoms with Crippen LogP contribution in [0.4, 0.5) is 27.8 Å². The average molecular weight is 510 g/mol. The van der Waals surface area contributed by atoms with E-state index >= 15 is 0 Å². The Morgan fingerprint density at radius 2 is 1.81 bits per heavy atom. The minimum absolute atomic E-state index is 0.0104. The lowest BCUT2D eigenvalue weighted by molar-refractivity contribution is -0.274. The Balaban J connectivity index is 1.21. The monoisotopic (exact) mass is 510 g/mol. The Morgan fingerprint density at radius 1 is 1.08 bits per heavy atom. The average Bonchev–Trinajstić information content (AvgIpc) is 3.34. The Labute approximate surface area is 202 Å². The maximum Gasteiger partial charge on any atom is 0.573 e. The number of carbonyl (C=O) groups excluding carboxylic acids is 1. The molecule has 1 amide bonds. The molecule has 0 bridgehead atoms. The smallest absolute Gasteiger partial charge is 0.406 e. The molecule has 8 nitrogen and oxygen atoms in total. The van der Waals surface area contributed by atoms with Crippen LogP contribution in [-0.2, 0) is 17.9 Å². The van der Waals surface area contributed by atoms with Crippen molar-refractivity contribution in [2.75, 3.05) is 24.5 Å². The summed E-state index contributed by atoms with van der Waals surface area (Å²) < 4.78 is 67.8. The van der Waals surface area contributed by atoms with Crippen LogP contribution in [0.2, 0.25) is 0 Å². The SMILES string of the molecule is O=C1CC2(CCN(c3cnc4cnn(CC(F)F)c4n3)CC2)CN1Cc1ccc(OC(F)(F)F)cc1. The van der Waals surface area contributed by atoms with Gasteiger partial charge >= 0.3 is 6.36 Å². The number of ether oxygens (including phenoxy) is 1. The van der Waals surface area contributed by atoms with E-state index < -0.39 is 19.3 Å². The number of nitrogens with zero attached hydrogens (tertiary/aromatic N) is 6. The van der Waals surface area contributed by atoms with Gasteiger partial charge in [0.15, 0.2) is 5.65 Å². The fourth-order valence-corrected chi connectivity index (χ4v) is 4.94. The van der Waals surface area contributed by atoms with Gasteiger partial charge in [-0.25, -0.2) is 23.4 Å². The van der Waals surface area contributed by atoms with Crippen LogP contribution in [0.5, 0.6) is 5.75 Å². The Bertz CT molecular complexity index is 1240. The van der Waals surface area contributed by atoms with Crippen molar-refractivity contribution in [1.82, 2.24) is 24.6 Å². The zero-order valence-corrected chi connectivity index (χ0v) is 19.1. The zero-order chi connectivity index (χ0) is 25.5. The third-order valence-electron chi connectivity index (χ3n) is 6.73. The first-order chi connectivity index (χ1) is 17.1. The molecule has 1 aromatic carbocycles. The lowest BCUT2D eigenvalue weighted by atomic mass is 9.77. The number of anilines is 1. The number of likely N-dealkylation sites (tertiary alicyclic amines) is 1. The van der Waals surface area contributed by atoms with Crippen LogP contribution < -0.4 is 9.64 Å². The van der Waals surface area contributed by atoms with E-state index in [1.807, 2.05) is 4.90 Å². The predicted octanol–water partition coefficient (Wildman–Crippen LogP) is 4.01. The van der Waals surface area contributed by atoms with Crippen LogP contribution in [-0.4, -0.2) is 63.0 Å². The molecule has 0 unspecified atom stereocenters. The van der Waals surface area contributed by atoms with E-state index in [2.05, 4.69) is 19.8 Å². The van der Waals surface area contributed by atoms with Gasteiger partial charge in [0.2, 0.25) is 5.91 Å². The van der Waals surface area contributed by atoms with E-state index in [4.69, 9.17) is 0 Å². The summed E-state index contributed by atoms with van der Waals surface area (Å²) in [7, 11) is 0. The summed E-state index contributed by atoms with van der Waals surface area (Å²) in [5.41, 5.74) is 1.28. The normalized spacial score (nSPS) is 18.1. The minimum atomic E-state index is -4.75. The van der Waals surface area contributed by atoms with Crippen molar-refractivity contribution < 1.29 is 31.5 Å². The molecule has 4 heterocycles. The maximum absolute atomic E-state index is 12.8. The highest BCUT2D eigenvalue weighted by Crippen LogP contribution is 2.42. The molecule has 5 rings (SSSR count). The number of halogens is 5. The molecule has 0 aliphatic carbocycles. The number of piperidine rings is 1. The molecule has 192 valence electrons. The maximum atomic E-state index is 12.8. The Kier molecular flexibility index (Phi) is 6.17. The van der Waals surface area contributed by atoms with Crippen molar-refractivity contribution in [2.45, 2.75) is 45.1 Å². The number of amides is 1. The number of hydrogen-bond donors (Lipinski definition) is 0. The van der Waals surface area contributed by atoms with E-state index in [1.165, 1.54) is 30.5 Å². The topological polar surface area (TPSA) is 76.4 Å². The molecule has 2 aliphatic heterocycles. The fraction of sp³-hybridized carbons (Fsp3) is 0.478. The highest BCUT2D eigenvalue weighted by atomic mass is 19.4. The van der Waals surface area contributed by atoms with E-state index in [9.17, 15) is 26.7 Å². The van der Waals surface area contributed by atoms with Gasteiger partial charge in [-0.2, -0.15) is 5.10 Å². The van der Waals surface area contributed by atoms with Crippen LogP contribution in [0.1, 0.15) is 24.8 Å². The molecule has 0 saturated carbocycles. The molecule has 2 aliphatic rings. The number of hydrogen-bond acceptors (Lipinski definition) is 6. The van der Waals surface area contributed by atoms with Gasteiger partial charge in [-0.3, -0.25) is 4.79 Å². The summed E-state index contributed by atoms with van der Waals surface area (Å²) in [5, 5.41) is 3.94. The van der Waals surface area contributed by atoms with E-state index in [0.717, 1.165) is 23.1 Å². The molecule has 36 heavy (non-hydrogen) atoms. The van der Waals surface area contributed by atoms with Crippen LogP contribution in [0.15, 0.2) is 36.7 Å². The van der Waals surface area contributed by atoms with Crippen molar-refractivity contribution in [3.63, 3.8) is 0 Å². The van der Waals surface area contributed by atoms with E-state index in [1.54, 1.807) is 11.1 Å². The first-order valence-corrected chi connectivity index (χ1v) is 11.4. The van der Waals surface area contributed by atoms with Crippen molar-refractivity contribution in [3.05, 3.63) is 42.2 Å². The van der Waals surface area contributed by atoms with Gasteiger partial charge in [0, 0.05) is 38.0 Å². The molecular weight excluding hydrogens is 487 g/mol. The van der Waals surface area contributed by atoms with Crippen molar-refractivity contribution in [1.29, 1.82) is 0 Å². The zero-order valence-electron chi connectivity index (χ0n) is 19.1. The molecule has 0 N–H and O–H groups in total. The van der Waals surface area contributed by atoms with Gasteiger partial charge in [0.1, 0.15) is 23.6 Å². The quantitative estimate of drug-likeness (QED) is 0.467. The van der Waals surface area contributed by atoms with E-state index in [0.29, 0.717) is 49.6 Å². The lowest BCUT2D eigenvalue weighted by Crippen LogP contribution is -2.42. The van der Waals surface area contributed by atoms with Gasteiger partial charge in [-0.15, -0.1) is 13.2 Å². The molecule has 2 aromatic heterocycles. The van der Waals surface area contributed by atoms with Gasteiger partial charge in [0.05, 0.1) is 12.4 Å². The molecular formula is C23H23F5N6O2. The van der Waals surface area contributed by atoms with Crippen LogP contribution in [0.25, 0.3) is 11.2 Å². The molecule has 3 aromatic rings. The van der Waals surface area contributed by atoms with Crippen molar-refractivity contribution in [2.24, 2.45) is 5.41 Å². The fourth-order valence-electron chi connectivity index (χ4n) is 4.94. The Hall–Kier alpha value is -3.51. The summed E-state index contributed by atoms with van der Waals surface area (Å²) >= 11 is 0. The van der Waals surface area contributed by atoms with Crippen molar-refractivity contribution >= 4 is 22.9 Å². The predicted molar refractivity (Wildman–Crippen MR) is 118 cm³/mol. The highest BCUT2D eigenvalue weighted by molar-refractivity contribution is 5.79. The van der Waals surface area contributed by atoms with Crippen LogP contribution in [0, 0.1) is 5.41 Å². The van der Waals surface area contributed by atoms with Gasteiger partial charge < -0.3 is 14.5 Å². The minimum Gasteiger partial charge on any atom is -0.406 e. The highest BCUT2D eigenvalue weighted by Gasteiger charge is 2.45. The molecule has 2 fully saturated rings. The molecule has 2 saturated heterocycles. The summed E-state index contributed by atoms with van der Waals surface area (Å²) in [6, 6.07) is 5.52. The third kappa shape index (κ3) is 5.19. The number of benzene rings is 1. The van der Waals surface area contributed by atoms with Gasteiger partial charge in [-0.05, 0) is 30.5 Å². The summed E-state index contributed by atoms with van der Waals surface area (Å²) in [4.78, 5) is 25.3. The largest absolute Gasteiger partial charge is 0.573 e. The first kappa shape index (κ1) is 24.2. The molecule has 0 atom stereocenters. The molecule has 0 radical (unpaired) electrons.